The van der Waals surface area contributed by atoms with Gasteiger partial charge in [-0.3, -0.25) is 14.9 Å². The monoisotopic (exact) mass is 223 g/mol. The van der Waals surface area contributed by atoms with Crippen LogP contribution in [0.3, 0.4) is 0 Å². The fourth-order valence-electron chi connectivity index (χ4n) is 1.18. The number of carbonyl (C=O) groups is 1. The molecule has 0 bridgehead atoms. The summed E-state index contributed by atoms with van der Waals surface area (Å²) in [6.07, 6.45) is -0.00875. The highest BCUT2D eigenvalue weighted by Crippen LogP contribution is 2.15. The Morgan fingerprint density at radius 1 is 1.50 bits per heavy atom. The van der Waals surface area contributed by atoms with Gasteiger partial charge in [0, 0.05) is 18.6 Å². The summed E-state index contributed by atoms with van der Waals surface area (Å²) in [6.45, 7) is 2.79. The van der Waals surface area contributed by atoms with Crippen LogP contribution >= 0.6 is 0 Å². The zero-order valence-electron chi connectivity index (χ0n) is 9.14. The van der Waals surface area contributed by atoms with Gasteiger partial charge in [0.15, 0.2) is 5.78 Å². The Balaban J connectivity index is 2.87. The maximum atomic E-state index is 11.5. The van der Waals surface area contributed by atoms with Crippen LogP contribution in [0.25, 0.3) is 0 Å². The summed E-state index contributed by atoms with van der Waals surface area (Å²) in [6, 6.07) is 5.84. The number of carbonyl (C=O) groups excluding carboxylic acids is 1. The molecule has 86 valence electrons. The number of Topliss-reactive ketones (excluding diaryl/α,β-unsaturated/α-hetero) is 1. The van der Waals surface area contributed by atoms with Crippen molar-refractivity contribution in [2.45, 2.75) is 25.9 Å². The summed E-state index contributed by atoms with van der Waals surface area (Å²) in [5.74, 6) is -0.368. The van der Waals surface area contributed by atoms with E-state index in [4.69, 9.17) is 0 Å². The number of rotatable bonds is 4. The van der Waals surface area contributed by atoms with Gasteiger partial charge in [-0.25, -0.2) is 0 Å². The van der Waals surface area contributed by atoms with Gasteiger partial charge >= 0.3 is 0 Å². The lowest BCUT2D eigenvalue weighted by molar-refractivity contribution is -0.384. The van der Waals surface area contributed by atoms with Crippen LogP contribution in [-0.2, 0) is 11.2 Å². The molecule has 0 saturated heterocycles. The van der Waals surface area contributed by atoms with E-state index < -0.39 is 10.5 Å². The van der Waals surface area contributed by atoms with Crippen molar-refractivity contribution >= 4 is 11.5 Å². The molecule has 0 aliphatic carbocycles. The average Bonchev–Trinajstić information content (AvgIpc) is 2.16. The van der Waals surface area contributed by atoms with Crippen LogP contribution in [0.1, 0.15) is 19.4 Å². The van der Waals surface area contributed by atoms with Gasteiger partial charge in [0.2, 0.25) is 0 Å². The summed E-state index contributed by atoms with van der Waals surface area (Å²) in [5, 5.41) is 19.9. The smallest absolute Gasteiger partial charge is 0.269 e. The molecule has 0 amide bonds. The van der Waals surface area contributed by atoms with Crippen molar-refractivity contribution in [2.24, 2.45) is 0 Å². The van der Waals surface area contributed by atoms with Crippen molar-refractivity contribution in [1.29, 1.82) is 0 Å². The minimum absolute atomic E-state index is 0.00875. The van der Waals surface area contributed by atoms with E-state index in [2.05, 4.69) is 0 Å². The molecule has 0 spiro atoms. The van der Waals surface area contributed by atoms with Crippen LogP contribution < -0.4 is 0 Å². The SMILES string of the molecule is CC(C)(O)C(=O)Cc1cccc([N+](=O)[O-])c1. The summed E-state index contributed by atoms with van der Waals surface area (Å²) >= 11 is 0. The van der Waals surface area contributed by atoms with Crippen molar-refractivity contribution in [3.8, 4) is 0 Å². The number of non-ortho nitro benzene ring substituents is 1. The Kier molecular flexibility index (Phi) is 3.39. The van der Waals surface area contributed by atoms with E-state index in [0.29, 0.717) is 5.56 Å². The number of nitro groups is 1. The molecule has 0 aliphatic heterocycles. The third-order valence-electron chi connectivity index (χ3n) is 2.17. The molecule has 5 heteroatoms. The van der Waals surface area contributed by atoms with Crippen LogP contribution in [0.2, 0.25) is 0 Å². The van der Waals surface area contributed by atoms with E-state index in [-0.39, 0.29) is 17.9 Å². The van der Waals surface area contributed by atoms with Crippen molar-refractivity contribution in [3.63, 3.8) is 0 Å². The Bertz CT molecular complexity index is 420. The summed E-state index contributed by atoms with van der Waals surface area (Å²) in [4.78, 5) is 21.5. The molecule has 0 heterocycles. The first-order valence-electron chi connectivity index (χ1n) is 4.79. The molecule has 1 aromatic carbocycles. The van der Waals surface area contributed by atoms with Crippen LogP contribution in [0.5, 0.6) is 0 Å². The van der Waals surface area contributed by atoms with Crippen molar-refractivity contribution in [2.75, 3.05) is 0 Å². The number of hydrogen-bond donors (Lipinski definition) is 1. The molecule has 16 heavy (non-hydrogen) atoms. The van der Waals surface area contributed by atoms with Gasteiger partial charge < -0.3 is 5.11 Å². The highest BCUT2D eigenvalue weighted by Gasteiger charge is 2.23. The minimum atomic E-state index is -1.41. The third-order valence-corrected chi connectivity index (χ3v) is 2.17. The lowest BCUT2D eigenvalue weighted by Gasteiger charge is -2.15. The molecule has 1 rings (SSSR count). The van der Waals surface area contributed by atoms with Crippen LogP contribution in [0, 0.1) is 10.1 Å². The van der Waals surface area contributed by atoms with Crippen LogP contribution in [0.15, 0.2) is 24.3 Å². The van der Waals surface area contributed by atoms with Gasteiger partial charge in [-0.1, -0.05) is 12.1 Å². The predicted molar refractivity (Wildman–Crippen MR) is 58.1 cm³/mol. The van der Waals surface area contributed by atoms with Gasteiger partial charge in [-0.2, -0.15) is 0 Å². The van der Waals surface area contributed by atoms with Crippen molar-refractivity contribution in [1.82, 2.24) is 0 Å². The average molecular weight is 223 g/mol. The second kappa shape index (κ2) is 4.40. The molecule has 1 aromatic rings. The van der Waals surface area contributed by atoms with E-state index in [1.54, 1.807) is 6.07 Å². The molecule has 0 aromatic heterocycles. The lowest BCUT2D eigenvalue weighted by atomic mass is 9.97. The first-order chi connectivity index (χ1) is 7.30. The van der Waals surface area contributed by atoms with Gasteiger partial charge in [-0.05, 0) is 19.4 Å². The molecule has 0 radical (unpaired) electrons. The molecular formula is C11H13NO4. The second-order valence-corrected chi connectivity index (χ2v) is 4.09. The number of aliphatic hydroxyl groups is 1. The van der Waals surface area contributed by atoms with E-state index in [1.165, 1.54) is 32.0 Å². The molecule has 0 saturated carbocycles. The number of ketones is 1. The van der Waals surface area contributed by atoms with Crippen molar-refractivity contribution < 1.29 is 14.8 Å². The molecule has 0 atom stereocenters. The van der Waals surface area contributed by atoms with Gasteiger partial charge in [0.25, 0.3) is 5.69 Å². The van der Waals surface area contributed by atoms with E-state index >= 15 is 0 Å². The zero-order valence-corrected chi connectivity index (χ0v) is 9.14. The lowest BCUT2D eigenvalue weighted by Crippen LogP contribution is -2.32. The van der Waals surface area contributed by atoms with Crippen LogP contribution in [0.4, 0.5) is 5.69 Å². The number of nitro benzene ring substituents is 1. The highest BCUT2D eigenvalue weighted by molar-refractivity contribution is 5.88. The molecule has 0 unspecified atom stereocenters. The number of benzene rings is 1. The summed E-state index contributed by atoms with van der Waals surface area (Å²) in [5.41, 5.74) is -0.938. The predicted octanol–water partition coefficient (Wildman–Crippen LogP) is 1.48. The van der Waals surface area contributed by atoms with Gasteiger partial charge in [0.05, 0.1) is 4.92 Å². The maximum absolute atomic E-state index is 11.5. The summed E-state index contributed by atoms with van der Waals surface area (Å²) in [7, 11) is 0. The zero-order chi connectivity index (χ0) is 12.3. The molecule has 1 N–H and O–H groups in total. The van der Waals surface area contributed by atoms with E-state index in [0.717, 1.165) is 0 Å². The number of nitrogens with zero attached hydrogens (tertiary/aromatic N) is 1. The maximum Gasteiger partial charge on any atom is 0.269 e. The topological polar surface area (TPSA) is 80.4 Å². The van der Waals surface area contributed by atoms with E-state index in [9.17, 15) is 20.0 Å². The van der Waals surface area contributed by atoms with E-state index in [1.807, 2.05) is 0 Å². The largest absolute Gasteiger partial charge is 0.383 e. The first kappa shape index (κ1) is 12.3. The Hall–Kier alpha value is -1.75. The Labute approximate surface area is 92.9 Å². The molecular weight excluding hydrogens is 210 g/mol. The minimum Gasteiger partial charge on any atom is -0.383 e. The normalized spacial score (nSPS) is 11.2. The standard InChI is InChI=1S/C11H13NO4/c1-11(2,14)10(13)7-8-4-3-5-9(6-8)12(15)16/h3-6,14H,7H2,1-2H3. The Morgan fingerprint density at radius 3 is 2.62 bits per heavy atom. The third kappa shape index (κ3) is 3.13. The summed E-state index contributed by atoms with van der Waals surface area (Å²) < 4.78 is 0. The quantitative estimate of drug-likeness (QED) is 0.619. The fourth-order valence-corrected chi connectivity index (χ4v) is 1.18. The molecule has 0 fully saturated rings. The first-order valence-corrected chi connectivity index (χ1v) is 4.79. The van der Waals surface area contributed by atoms with Crippen molar-refractivity contribution in [3.05, 3.63) is 39.9 Å². The van der Waals surface area contributed by atoms with Gasteiger partial charge in [-0.15, -0.1) is 0 Å². The van der Waals surface area contributed by atoms with Crippen LogP contribution in [-0.4, -0.2) is 21.4 Å². The highest BCUT2D eigenvalue weighted by atomic mass is 16.6. The Morgan fingerprint density at radius 2 is 2.12 bits per heavy atom. The van der Waals surface area contributed by atoms with Gasteiger partial charge in [0.1, 0.15) is 5.60 Å². The molecule has 5 nitrogen and oxygen atoms in total. The fraction of sp³-hybridized carbons (Fsp3) is 0.364. The molecule has 0 aliphatic rings. The number of hydrogen-bond acceptors (Lipinski definition) is 4. The second-order valence-electron chi connectivity index (χ2n) is 4.09.